The van der Waals surface area contributed by atoms with Crippen LogP contribution in [0.1, 0.15) is 52.9 Å². The van der Waals surface area contributed by atoms with E-state index in [1.807, 2.05) is 0 Å². The Kier molecular flexibility index (Phi) is 8.82. The first-order valence-corrected chi connectivity index (χ1v) is 8.80. The Bertz CT molecular complexity index is 284. The van der Waals surface area contributed by atoms with Crippen LogP contribution < -0.4 is 0 Å². The largest absolute Gasteiger partial charge is 0.324 e. The first-order valence-electron chi connectivity index (χ1n) is 7.19. The third kappa shape index (κ3) is 8.06. The van der Waals surface area contributed by atoms with Crippen molar-refractivity contribution in [2.24, 2.45) is 0 Å². The van der Waals surface area contributed by atoms with Gasteiger partial charge in [-0.05, 0) is 32.1 Å². The van der Waals surface area contributed by atoms with Crippen molar-refractivity contribution in [3.8, 4) is 0 Å². The normalized spacial score (nSPS) is 12.9. The van der Waals surface area contributed by atoms with Gasteiger partial charge in [0.1, 0.15) is 0 Å². The first-order chi connectivity index (χ1) is 8.39. The molecule has 0 aliphatic heterocycles. The zero-order valence-corrected chi connectivity index (χ0v) is 13.0. The van der Waals surface area contributed by atoms with Crippen LogP contribution in [0.3, 0.4) is 0 Å². The predicted molar refractivity (Wildman–Crippen MR) is 76.3 cm³/mol. The number of rotatable bonds is 11. The molecule has 4 nitrogen and oxygen atoms in total. The van der Waals surface area contributed by atoms with Crippen molar-refractivity contribution in [1.82, 2.24) is 0 Å². The smallest absolute Gasteiger partial charge is 0.264 e. The van der Waals surface area contributed by atoms with E-state index in [0.717, 1.165) is 36.7 Å². The van der Waals surface area contributed by atoms with Gasteiger partial charge in [-0.15, -0.1) is 0 Å². The summed E-state index contributed by atoms with van der Waals surface area (Å²) in [5.74, 6) is -0.0998. The van der Waals surface area contributed by atoms with Crippen molar-refractivity contribution < 1.29 is 17.5 Å². The maximum absolute atomic E-state index is 10.7. The molecule has 0 fully saturated rings. The maximum atomic E-state index is 10.7. The van der Waals surface area contributed by atoms with Crippen LogP contribution in [0.25, 0.3) is 0 Å². The second-order valence-corrected chi connectivity index (χ2v) is 6.80. The summed E-state index contributed by atoms with van der Waals surface area (Å²) >= 11 is 0. The van der Waals surface area contributed by atoms with Crippen LogP contribution in [0, 0.1) is 0 Å². The molecular formula is C13H30NO3S+. The van der Waals surface area contributed by atoms with E-state index in [-0.39, 0.29) is 5.75 Å². The second-order valence-electron chi connectivity index (χ2n) is 5.23. The number of hydrogen-bond acceptors (Lipinski definition) is 2. The van der Waals surface area contributed by atoms with Crippen LogP contribution >= 0.6 is 0 Å². The molecular weight excluding hydrogens is 250 g/mol. The lowest BCUT2D eigenvalue weighted by molar-refractivity contribution is -0.928. The number of quaternary nitrogens is 1. The molecule has 5 heteroatoms. The summed E-state index contributed by atoms with van der Waals surface area (Å²) in [4.78, 5) is 0. The first kappa shape index (κ1) is 17.9. The highest BCUT2D eigenvalue weighted by molar-refractivity contribution is 7.85. The minimum atomic E-state index is -3.79. The topological polar surface area (TPSA) is 54.4 Å². The Labute approximate surface area is 113 Å². The number of hydrogen-bond donors (Lipinski definition) is 1. The molecule has 0 atom stereocenters. The molecule has 0 radical (unpaired) electrons. The van der Waals surface area contributed by atoms with E-state index >= 15 is 0 Å². The fourth-order valence-corrected chi connectivity index (χ4v) is 3.39. The minimum Gasteiger partial charge on any atom is -0.324 e. The molecule has 0 aromatic rings. The summed E-state index contributed by atoms with van der Waals surface area (Å²) in [6.45, 7) is 11.2. The molecule has 0 aromatic carbocycles. The molecule has 0 bridgehead atoms. The summed E-state index contributed by atoms with van der Waals surface area (Å²) in [5.41, 5.74) is 0. The van der Waals surface area contributed by atoms with Gasteiger partial charge in [-0.3, -0.25) is 4.55 Å². The average Bonchev–Trinajstić information content (AvgIpc) is 2.24. The molecule has 0 aliphatic rings. The van der Waals surface area contributed by atoms with E-state index in [9.17, 15) is 8.42 Å². The summed E-state index contributed by atoms with van der Waals surface area (Å²) in [5, 5.41) is 0. The highest BCUT2D eigenvalue weighted by atomic mass is 32.2. The van der Waals surface area contributed by atoms with Gasteiger partial charge in [-0.2, -0.15) is 8.42 Å². The van der Waals surface area contributed by atoms with Gasteiger partial charge in [0.05, 0.1) is 31.9 Å². The van der Waals surface area contributed by atoms with E-state index in [1.165, 1.54) is 19.6 Å². The van der Waals surface area contributed by atoms with Crippen molar-refractivity contribution in [3.05, 3.63) is 0 Å². The summed E-state index contributed by atoms with van der Waals surface area (Å²) in [7, 11) is -3.79. The minimum absolute atomic E-state index is 0.0998. The van der Waals surface area contributed by atoms with Crippen molar-refractivity contribution in [1.29, 1.82) is 0 Å². The molecule has 0 aromatic heterocycles. The lowest BCUT2D eigenvalue weighted by Crippen LogP contribution is -2.50. The maximum Gasteiger partial charge on any atom is 0.264 e. The zero-order valence-electron chi connectivity index (χ0n) is 12.2. The van der Waals surface area contributed by atoms with Gasteiger partial charge in [0, 0.05) is 0 Å². The van der Waals surface area contributed by atoms with Gasteiger partial charge in [0.25, 0.3) is 10.1 Å². The van der Waals surface area contributed by atoms with Crippen LogP contribution in [0.15, 0.2) is 0 Å². The molecule has 0 unspecified atom stereocenters. The van der Waals surface area contributed by atoms with Gasteiger partial charge >= 0.3 is 0 Å². The quantitative estimate of drug-likeness (QED) is 0.360. The lowest BCUT2D eigenvalue weighted by atomic mass is 10.2. The van der Waals surface area contributed by atoms with E-state index in [1.54, 1.807) is 0 Å². The second kappa shape index (κ2) is 8.88. The van der Waals surface area contributed by atoms with Crippen molar-refractivity contribution >= 4 is 10.1 Å². The van der Waals surface area contributed by atoms with Crippen molar-refractivity contribution in [2.75, 3.05) is 31.9 Å². The Balaban J connectivity index is 4.29. The van der Waals surface area contributed by atoms with Crippen LogP contribution in [-0.4, -0.2) is 49.4 Å². The third-order valence-electron chi connectivity index (χ3n) is 3.38. The third-order valence-corrected chi connectivity index (χ3v) is 4.18. The SMILES string of the molecule is CCC[N+](CCC)(CCC)CCCCS(=O)(=O)O. The molecule has 0 spiro atoms. The lowest BCUT2D eigenvalue weighted by Gasteiger charge is -2.38. The highest BCUT2D eigenvalue weighted by Crippen LogP contribution is 2.14. The fraction of sp³-hybridized carbons (Fsp3) is 1.00. The van der Waals surface area contributed by atoms with Gasteiger partial charge in [0.2, 0.25) is 0 Å². The van der Waals surface area contributed by atoms with Crippen LogP contribution in [0.5, 0.6) is 0 Å². The summed E-state index contributed by atoms with van der Waals surface area (Å²) in [6, 6.07) is 0. The molecule has 0 saturated carbocycles. The van der Waals surface area contributed by atoms with E-state index in [4.69, 9.17) is 4.55 Å². The highest BCUT2D eigenvalue weighted by Gasteiger charge is 2.24. The van der Waals surface area contributed by atoms with Gasteiger partial charge in [-0.25, -0.2) is 0 Å². The Hall–Kier alpha value is -0.130. The van der Waals surface area contributed by atoms with Crippen LogP contribution in [0.4, 0.5) is 0 Å². The van der Waals surface area contributed by atoms with E-state index in [2.05, 4.69) is 20.8 Å². The molecule has 0 rings (SSSR count). The van der Waals surface area contributed by atoms with Gasteiger partial charge in [0.15, 0.2) is 0 Å². The molecule has 0 aliphatic carbocycles. The predicted octanol–water partition coefficient (Wildman–Crippen LogP) is 2.70. The number of nitrogens with zero attached hydrogens (tertiary/aromatic N) is 1. The average molecular weight is 280 g/mol. The molecule has 0 heterocycles. The van der Waals surface area contributed by atoms with Crippen molar-refractivity contribution in [2.45, 2.75) is 52.9 Å². The van der Waals surface area contributed by atoms with E-state index < -0.39 is 10.1 Å². The molecule has 18 heavy (non-hydrogen) atoms. The molecule has 110 valence electrons. The Morgan fingerprint density at radius 1 is 0.833 bits per heavy atom. The number of unbranched alkanes of at least 4 members (excludes halogenated alkanes) is 1. The van der Waals surface area contributed by atoms with Crippen LogP contribution in [0.2, 0.25) is 0 Å². The van der Waals surface area contributed by atoms with E-state index in [0.29, 0.717) is 6.42 Å². The standard InChI is InChI=1S/C13H29NO3S/c1-4-9-14(10-5-2,11-6-3)12-7-8-13-18(15,16)17/h4-13H2,1-3H3/p+1. The Morgan fingerprint density at radius 3 is 1.61 bits per heavy atom. The molecule has 1 N–H and O–H groups in total. The zero-order chi connectivity index (χ0) is 14.1. The van der Waals surface area contributed by atoms with Gasteiger partial charge < -0.3 is 4.48 Å². The fourth-order valence-electron chi connectivity index (χ4n) is 2.83. The summed E-state index contributed by atoms with van der Waals surface area (Å²) < 4.78 is 31.2. The van der Waals surface area contributed by atoms with Gasteiger partial charge in [-0.1, -0.05) is 20.8 Å². The summed E-state index contributed by atoms with van der Waals surface area (Å²) in [6.07, 6.45) is 4.94. The van der Waals surface area contributed by atoms with Crippen LogP contribution in [-0.2, 0) is 10.1 Å². The monoisotopic (exact) mass is 280 g/mol. The molecule has 0 amide bonds. The van der Waals surface area contributed by atoms with Crippen molar-refractivity contribution in [3.63, 3.8) is 0 Å². The Morgan fingerprint density at radius 2 is 1.28 bits per heavy atom. The molecule has 0 saturated heterocycles.